The SMILES string of the molecule is Cc1ccc(C2Nc3ccccc3-c3nnc(SCc4ccccc4Cl)nc3O2)o1. The number of aromatic nitrogens is 3. The number of ether oxygens (including phenoxy) is 1. The number of nitrogens with one attached hydrogen (secondary N) is 1. The maximum Gasteiger partial charge on any atom is 0.247 e. The van der Waals surface area contributed by atoms with E-state index in [0.717, 1.165) is 27.6 Å². The molecule has 4 aromatic rings. The van der Waals surface area contributed by atoms with Crippen LogP contribution in [0.4, 0.5) is 5.69 Å². The molecule has 1 aliphatic heterocycles. The summed E-state index contributed by atoms with van der Waals surface area (Å²) in [5.41, 5.74) is 3.36. The van der Waals surface area contributed by atoms with Gasteiger partial charge in [0.2, 0.25) is 17.3 Å². The van der Waals surface area contributed by atoms with Crippen molar-refractivity contribution in [2.45, 2.75) is 24.1 Å². The molecule has 0 fully saturated rings. The van der Waals surface area contributed by atoms with Crippen molar-refractivity contribution in [1.29, 1.82) is 0 Å². The third-order valence-electron chi connectivity index (χ3n) is 4.67. The van der Waals surface area contributed by atoms with Crippen LogP contribution in [0.1, 0.15) is 23.3 Å². The summed E-state index contributed by atoms with van der Waals surface area (Å²) in [6, 6.07) is 19.4. The average molecular weight is 437 g/mol. The Labute approximate surface area is 182 Å². The van der Waals surface area contributed by atoms with Crippen molar-refractivity contribution in [3.05, 3.63) is 82.8 Å². The fourth-order valence-electron chi connectivity index (χ4n) is 3.19. The highest BCUT2D eigenvalue weighted by atomic mass is 35.5. The average Bonchev–Trinajstić information content (AvgIpc) is 3.12. The number of furan rings is 1. The summed E-state index contributed by atoms with van der Waals surface area (Å²) < 4.78 is 12.0. The number of fused-ring (bicyclic) bond motifs is 3. The molecule has 5 rings (SSSR count). The second kappa shape index (κ2) is 8.01. The van der Waals surface area contributed by atoms with E-state index in [0.29, 0.717) is 28.2 Å². The van der Waals surface area contributed by atoms with E-state index in [9.17, 15) is 0 Å². The van der Waals surface area contributed by atoms with Gasteiger partial charge in [0.05, 0.1) is 0 Å². The summed E-state index contributed by atoms with van der Waals surface area (Å²) in [6.07, 6.45) is -0.529. The molecule has 0 aliphatic carbocycles. The largest absolute Gasteiger partial charge is 0.460 e. The molecule has 1 unspecified atom stereocenters. The minimum Gasteiger partial charge on any atom is -0.460 e. The predicted octanol–water partition coefficient (Wildman–Crippen LogP) is 5.89. The van der Waals surface area contributed by atoms with E-state index >= 15 is 0 Å². The first kappa shape index (κ1) is 19.0. The van der Waals surface area contributed by atoms with Crippen molar-refractivity contribution < 1.29 is 9.15 Å². The highest BCUT2D eigenvalue weighted by Crippen LogP contribution is 2.40. The molecule has 3 heterocycles. The van der Waals surface area contributed by atoms with Gasteiger partial charge in [0.1, 0.15) is 5.76 Å². The zero-order valence-electron chi connectivity index (χ0n) is 16.0. The van der Waals surface area contributed by atoms with Crippen LogP contribution in [-0.2, 0) is 5.75 Å². The van der Waals surface area contributed by atoms with Crippen molar-refractivity contribution in [2.24, 2.45) is 0 Å². The number of hydrogen-bond donors (Lipinski definition) is 1. The Kier molecular flexibility index (Phi) is 5.06. The standard InChI is InChI=1S/C22H17ClN4O2S/c1-13-10-11-18(28-13)20-24-17-9-5-3-7-15(17)19-21(29-20)25-22(27-26-19)30-12-14-6-2-4-8-16(14)23/h2-11,20,24H,12H2,1H3. The number of anilines is 1. The van der Waals surface area contributed by atoms with Crippen LogP contribution in [0.25, 0.3) is 11.3 Å². The topological polar surface area (TPSA) is 73.1 Å². The van der Waals surface area contributed by atoms with Gasteiger partial charge in [-0.25, -0.2) is 0 Å². The molecule has 150 valence electrons. The minimum absolute atomic E-state index is 0.406. The lowest BCUT2D eigenvalue weighted by atomic mass is 10.1. The lowest BCUT2D eigenvalue weighted by Gasteiger charge is -2.16. The molecule has 2 aromatic carbocycles. The molecule has 2 aromatic heterocycles. The van der Waals surface area contributed by atoms with Gasteiger partial charge in [-0.2, -0.15) is 4.98 Å². The van der Waals surface area contributed by atoms with Crippen LogP contribution in [0.2, 0.25) is 5.02 Å². The monoisotopic (exact) mass is 436 g/mol. The van der Waals surface area contributed by atoms with E-state index in [1.807, 2.05) is 67.6 Å². The molecule has 1 N–H and O–H groups in total. The summed E-state index contributed by atoms with van der Waals surface area (Å²) in [4.78, 5) is 4.64. The van der Waals surface area contributed by atoms with E-state index < -0.39 is 6.23 Å². The zero-order chi connectivity index (χ0) is 20.5. The first-order valence-corrected chi connectivity index (χ1v) is 10.7. The van der Waals surface area contributed by atoms with Gasteiger partial charge in [0.15, 0.2) is 11.5 Å². The molecule has 30 heavy (non-hydrogen) atoms. The normalized spacial score (nSPS) is 14.8. The first-order chi connectivity index (χ1) is 14.7. The Hall–Kier alpha value is -3.03. The van der Waals surface area contributed by atoms with Crippen LogP contribution in [0.3, 0.4) is 0 Å². The lowest BCUT2D eigenvalue weighted by molar-refractivity contribution is 0.194. The number of halogens is 1. The fourth-order valence-corrected chi connectivity index (χ4v) is 4.25. The van der Waals surface area contributed by atoms with Gasteiger partial charge in [-0.05, 0) is 36.8 Å². The highest BCUT2D eigenvalue weighted by Gasteiger charge is 2.27. The molecule has 0 amide bonds. The van der Waals surface area contributed by atoms with Gasteiger partial charge in [-0.15, -0.1) is 10.2 Å². The Balaban J connectivity index is 1.49. The molecule has 0 bridgehead atoms. The minimum atomic E-state index is -0.529. The Morgan fingerprint density at radius 2 is 1.87 bits per heavy atom. The Morgan fingerprint density at radius 1 is 1.03 bits per heavy atom. The second-order valence-corrected chi connectivity index (χ2v) is 8.11. The molecule has 0 saturated heterocycles. The van der Waals surface area contributed by atoms with Crippen LogP contribution >= 0.6 is 23.4 Å². The molecule has 0 radical (unpaired) electrons. The van der Waals surface area contributed by atoms with Crippen LogP contribution < -0.4 is 10.1 Å². The summed E-state index contributed by atoms with van der Waals surface area (Å²) in [5, 5.41) is 13.3. The van der Waals surface area contributed by atoms with E-state index in [-0.39, 0.29) is 0 Å². The van der Waals surface area contributed by atoms with E-state index in [1.165, 1.54) is 11.8 Å². The number of thioether (sulfide) groups is 1. The third kappa shape index (κ3) is 3.74. The van der Waals surface area contributed by atoms with Gasteiger partial charge in [-0.3, -0.25) is 0 Å². The van der Waals surface area contributed by atoms with Crippen molar-refractivity contribution in [3.63, 3.8) is 0 Å². The number of aryl methyl sites for hydroxylation is 1. The Morgan fingerprint density at radius 3 is 2.70 bits per heavy atom. The molecule has 0 saturated carbocycles. The molecule has 8 heteroatoms. The number of hydrogen-bond acceptors (Lipinski definition) is 7. The summed E-state index contributed by atoms with van der Waals surface area (Å²) in [6.45, 7) is 1.90. The highest BCUT2D eigenvalue weighted by molar-refractivity contribution is 7.98. The van der Waals surface area contributed by atoms with Crippen LogP contribution in [0.15, 0.2) is 70.2 Å². The van der Waals surface area contributed by atoms with E-state index in [1.54, 1.807) is 0 Å². The first-order valence-electron chi connectivity index (χ1n) is 9.37. The zero-order valence-corrected chi connectivity index (χ0v) is 17.6. The lowest BCUT2D eigenvalue weighted by Crippen LogP contribution is -2.16. The summed E-state index contributed by atoms with van der Waals surface area (Å²) >= 11 is 7.72. The van der Waals surface area contributed by atoms with Gasteiger partial charge < -0.3 is 14.5 Å². The van der Waals surface area contributed by atoms with Crippen molar-refractivity contribution in [1.82, 2.24) is 15.2 Å². The summed E-state index contributed by atoms with van der Waals surface area (Å²) in [7, 11) is 0. The third-order valence-corrected chi connectivity index (χ3v) is 5.92. The molecular weight excluding hydrogens is 420 g/mol. The second-order valence-electron chi connectivity index (χ2n) is 6.76. The van der Waals surface area contributed by atoms with E-state index in [4.69, 9.17) is 20.8 Å². The van der Waals surface area contributed by atoms with Crippen LogP contribution in [-0.4, -0.2) is 15.2 Å². The van der Waals surface area contributed by atoms with Crippen molar-refractivity contribution in [2.75, 3.05) is 5.32 Å². The number of benzene rings is 2. The number of nitrogens with zero attached hydrogens (tertiary/aromatic N) is 3. The molecule has 1 aliphatic rings. The van der Waals surface area contributed by atoms with Gasteiger partial charge in [0.25, 0.3) is 0 Å². The molecule has 1 atom stereocenters. The smallest absolute Gasteiger partial charge is 0.247 e. The molecule has 6 nitrogen and oxygen atoms in total. The number of rotatable bonds is 4. The van der Waals surface area contributed by atoms with Crippen LogP contribution in [0.5, 0.6) is 5.88 Å². The summed E-state index contributed by atoms with van der Waals surface area (Å²) in [5.74, 6) is 2.52. The molecular formula is C22H17ClN4O2S. The molecule has 0 spiro atoms. The van der Waals surface area contributed by atoms with E-state index in [2.05, 4.69) is 20.5 Å². The van der Waals surface area contributed by atoms with Crippen molar-refractivity contribution in [3.8, 4) is 17.1 Å². The van der Waals surface area contributed by atoms with Gasteiger partial charge in [0, 0.05) is 22.0 Å². The number of para-hydroxylation sites is 1. The maximum absolute atomic E-state index is 6.26. The van der Waals surface area contributed by atoms with Crippen LogP contribution in [0, 0.1) is 6.92 Å². The quantitative estimate of drug-likeness (QED) is 0.400. The van der Waals surface area contributed by atoms with Crippen molar-refractivity contribution >= 4 is 29.1 Å². The van der Waals surface area contributed by atoms with Gasteiger partial charge in [-0.1, -0.05) is 59.8 Å². The predicted molar refractivity (Wildman–Crippen MR) is 117 cm³/mol. The van der Waals surface area contributed by atoms with Gasteiger partial charge >= 0.3 is 0 Å². The maximum atomic E-state index is 6.26. The Bertz CT molecular complexity index is 1210. The fraction of sp³-hybridized carbons (Fsp3) is 0.136.